The average molecular weight is 210 g/mol. The molecule has 0 aromatic carbocycles. The van der Waals surface area contributed by atoms with Crippen molar-refractivity contribution in [2.75, 3.05) is 6.54 Å². The van der Waals surface area contributed by atoms with Gasteiger partial charge in [0.25, 0.3) is 0 Å². The second kappa shape index (κ2) is 4.31. The summed E-state index contributed by atoms with van der Waals surface area (Å²) < 4.78 is 0. The average Bonchev–Trinajstić information content (AvgIpc) is 2.18. The van der Waals surface area contributed by atoms with Gasteiger partial charge in [-0.05, 0) is 12.8 Å². The predicted molar refractivity (Wildman–Crippen MR) is 54.2 cm³/mol. The van der Waals surface area contributed by atoms with Crippen LogP contribution in [0.3, 0.4) is 0 Å². The van der Waals surface area contributed by atoms with Crippen molar-refractivity contribution < 1.29 is 14.7 Å². The number of nitrogens with zero attached hydrogens (tertiary/aromatic N) is 1. The zero-order valence-electron chi connectivity index (χ0n) is 8.69. The predicted octanol–water partition coefficient (Wildman–Crippen LogP) is 0.814. The Morgan fingerprint density at radius 1 is 1.27 bits per heavy atom. The number of carbonyl (C=O) groups is 1. The summed E-state index contributed by atoms with van der Waals surface area (Å²) in [7, 11) is 0. The van der Waals surface area contributed by atoms with Crippen molar-refractivity contribution in [2.24, 2.45) is 5.92 Å². The molecule has 1 N–H and O–H groups in total. The number of carbonyl (C=O) groups excluding carboxylic acids is 1. The molecule has 0 spiro atoms. The first kappa shape index (κ1) is 10.6. The summed E-state index contributed by atoms with van der Waals surface area (Å²) in [5, 5.41) is 8.85. The number of hydrogen-bond acceptors (Lipinski definition) is 3. The smallest absolute Gasteiger partial charge is 0.309 e. The van der Waals surface area contributed by atoms with E-state index in [1.807, 2.05) is 11.2 Å². The zero-order chi connectivity index (χ0) is 10.8. The van der Waals surface area contributed by atoms with Crippen molar-refractivity contribution in [3.05, 3.63) is 0 Å². The SMILES string of the molecule is O=[C][C@@H]1C(C(=O)O)CN1C1CCCCC1. The molecule has 0 aromatic rings. The minimum Gasteiger partial charge on any atom is -0.481 e. The van der Waals surface area contributed by atoms with Crippen molar-refractivity contribution in [2.45, 2.75) is 44.2 Å². The van der Waals surface area contributed by atoms with Crippen LogP contribution in [0.2, 0.25) is 0 Å². The Labute approximate surface area is 89.3 Å². The van der Waals surface area contributed by atoms with Crippen molar-refractivity contribution >= 4 is 12.3 Å². The maximum absolute atomic E-state index is 10.8. The molecule has 1 heterocycles. The normalized spacial score (nSPS) is 33.3. The lowest BCUT2D eigenvalue weighted by Gasteiger charge is -2.48. The second-order valence-corrected chi connectivity index (χ2v) is 4.50. The molecule has 4 heteroatoms. The molecular formula is C11H16NO3. The molecule has 2 atom stereocenters. The summed E-state index contributed by atoms with van der Waals surface area (Å²) in [5.74, 6) is -1.39. The van der Waals surface area contributed by atoms with E-state index in [2.05, 4.69) is 0 Å². The molecule has 1 saturated heterocycles. The van der Waals surface area contributed by atoms with Gasteiger partial charge in [0.2, 0.25) is 6.29 Å². The first-order valence-corrected chi connectivity index (χ1v) is 5.60. The fraction of sp³-hybridized carbons (Fsp3) is 0.818. The minimum atomic E-state index is -0.865. The monoisotopic (exact) mass is 210 g/mol. The van der Waals surface area contributed by atoms with Crippen LogP contribution in [0.1, 0.15) is 32.1 Å². The van der Waals surface area contributed by atoms with E-state index >= 15 is 0 Å². The van der Waals surface area contributed by atoms with Gasteiger partial charge in [0.05, 0.1) is 12.0 Å². The quantitative estimate of drug-likeness (QED) is 0.749. The van der Waals surface area contributed by atoms with E-state index in [-0.39, 0.29) is 0 Å². The minimum absolute atomic E-state index is 0.417. The second-order valence-electron chi connectivity index (χ2n) is 4.50. The molecule has 0 aromatic heterocycles. The highest BCUT2D eigenvalue weighted by atomic mass is 16.4. The van der Waals surface area contributed by atoms with Gasteiger partial charge in [-0.2, -0.15) is 0 Å². The molecule has 0 bridgehead atoms. The number of likely N-dealkylation sites (tertiary alicyclic amines) is 1. The first-order valence-electron chi connectivity index (χ1n) is 5.60. The maximum atomic E-state index is 10.8. The van der Waals surface area contributed by atoms with E-state index in [0.717, 1.165) is 12.8 Å². The molecule has 1 aliphatic carbocycles. The first-order chi connectivity index (χ1) is 7.24. The summed E-state index contributed by atoms with van der Waals surface area (Å²) in [6, 6.07) is -0.0774. The number of hydrogen-bond donors (Lipinski definition) is 1. The van der Waals surface area contributed by atoms with E-state index < -0.39 is 17.9 Å². The molecule has 15 heavy (non-hydrogen) atoms. The van der Waals surface area contributed by atoms with Gasteiger partial charge >= 0.3 is 5.97 Å². The standard InChI is InChI=1S/C11H16NO3/c13-7-10-9(11(14)15)6-12(10)8-4-2-1-3-5-8/h8-10H,1-6H2,(H,14,15)/t9?,10-/m1/s1. The van der Waals surface area contributed by atoms with Crippen LogP contribution >= 0.6 is 0 Å². The van der Waals surface area contributed by atoms with E-state index in [0.29, 0.717) is 12.6 Å². The lowest BCUT2D eigenvalue weighted by atomic mass is 9.83. The van der Waals surface area contributed by atoms with Crippen molar-refractivity contribution in [1.82, 2.24) is 4.90 Å². The molecule has 2 fully saturated rings. The summed E-state index contributed by atoms with van der Waals surface area (Å²) in [6.07, 6.45) is 7.74. The number of rotatable bonds is 3. The lowest BCUT2D eigenvalue weighted by molar-refractivity contribution is -0.151. The van der Waals surface area contributed by atoms with Crippen molar-refractivity contribution in [3.8, 4) is 0 Å². The molecule has 2 rings (SSSR count). The zero-order valence-corrected chi connectivity index (χ0v) is 8.69. The number of carboxylic acid groups (broad SMARTS) is 1. The van der Waals surface area contributed by atoms with Gasteiger partial charge in [0, 0.05) is 12.6 Å². The van der Waals surface area contributed by atoms with Crippen LogP contribution in [0, 0.1) is 5.92 Å². The Kier molecular flexibility index (Phi) is 3.05. The summed E-state index contributed by atoms with van der Waals surface area (Å²) in [4.78, 5) is 23.5. The maximum Gasteiger partial charge on any atom is 0.309 e. The van der Waals surface area contributed by atoms with E-state index in [1.54, 1.807) is 0 Å². The van der Waals surface area contributed by atoms with Crippen LogP contribution in [0.5, 0.6) is 0 Å². The highest BCUT2D eigenvalue weighted by molar-refractivity contribution is 5.79. The topological polar surface area (TPSA) is 57.6 Å². The van der Waals surface area contributed by atoms with E-state index in [9.17, 15) is 9.59 Å². The third-order valence-electron chi connectivity index (χ3n) is 3.63. The van der Waals surface area contributed by atoms with Gasteiger partial charge in [-0.25, -0.2) is 0 Å². The van der Waals surface area contributed by atoms with E-state index in [4.69, 9.17) is 5.11 Å². The molecule has 2 aliphatic rings. The third-order valence-corrected chi connectivity index (χ3v) is 3.63. The molecule has 1 aliphatic heterocycles. The molecule has 83 valence electrons. The largest absolute Gasteiger partial charge is 0.481 e. The fourth-order valence-corrected chi connectivity index (χ4v) is 2.69. The van der Waals surface area contributed by atoms with Crippen LogP contribution in [-0.4, -0.2) is 40.9 Å². The molecule has 1 saturated carbocycles. The van der Waals surface area contributed by atoms with Gasteiger partial charge in [-0.3, -0.25) is 14.5 Å². The Morgan fingerprint density at radius 3 is 2.47 bits per heavy atom. The van der Waals surface area contributed by atoms with Crippen LogP contribution in [0.4, 0.5) is 0 Å². The summed E-state index contributed by atoms with van der Waals surface area (Å²) in [5.41, 5.74) is 0. The highest BCUT2D eigenvalue weighted by Gasteiger charge is 2.47. The van der Waals surface area contributed by atoms with Gasteiger partial charge in [-0.15, -0.1) is 0 Å². The van der Waals surface area contributed by atoms with E-state index in [1.165, 1.54) is 19.3 Å². The lowest BCUT2D eigenvalue weighted by Crippen LogP contribution is -2.63. The summed E-state index contributed by atoms with van der Waals surface area (Å²) >= 11 is 0. The van der Waals surface area contributed by atoms with Gasteiger partial charge < -0.3 is 5.11 Å². The fourth-order valence-electron chi connectivity index (χ4n) is 2.69. The van der Waals surface area contributed by atoms with Gasteiger partial charge in [-0.1, -0.05) is 19.3 Å². The number of carboxylic acids is 1. The Morgan fingerprint density at radius 2 is 1.93 bits per heavy atom. The highest BCUT2D eigenvalue weighted by Crippen LogP contribution is 2.32. The van der Waals surface area contributed by atoms with Crippen LogP contribution in [0.25, 0.3) is 0 Å². The molecule has 1 radical (unpaired) electrons. The Balaban J connectivity index is 1.94. The van der Waals surface area contributed by atoms with Crippen LogP contribution in [0.15, 0.2) is 0 Å². The van der Waals surface area contributed by atoms with Crippen LogP contribution < -0.4 is 0 Å². The molecule has 0 amide bonds. The van der Waals surface area contributed by atoms with Gasteiger partial charge in [0.15, 0.2) is 0 Å². The Hall–Kier alpha value is -0.900. The van der Waals surface area contributed by atoms with Crippen molar-refractivity contribution in [1.29, 1.82) is 0 Å². The van der Waals surface area contributed by atoms with Crippen LogP contribution in [-0.2, 0) is 9.59 Å². The molecular weight excluding hydrogens is 194 g/mol. The summed E-state index contributed by atoms with van der Waals surface area (Å²) in [6.45, 7) is 0.528. The number of aliphatic carboxylic acids is 1. The van der Waals surface area contributed by atoms with Gasteiger partial charge in [0.1, 0.15) is 0 Å². The Bertz CT molecular complexity index is 261. The van der Waals surface area contributed by atoms with Crippen molar-refractivity contribution in [3.63, 3.8) is 0 Å². The third kappa shape index (κ3) is 1.91. The molecule has 4 nitrogen and oxygen atoms in total. The molecule has 1 unspecified atom stereocenters.